The molecule has 3 aromatic rings. The molecule has 0 unspecified atom stereocenters. The zero-order valence-corrected chi connectivity index (χ0v) is 14.6. The average Bonchev–Trinajstić information content (AvgIpc) is 3.24. The van der Waals surface area contributed by atoms with Gasteiger partial charge in [-0.2, -0.15) is 10.1 Å². The monoisotopic (exact) mass is 352 g/mol. The normalized spacial score (nSPS) is 19.3. The Bertz CT molecular complexity index is 911. The van der Waals surface area contributed by atoms with Crippen molar-refractivity contribution in [3.63, 3.8) is 0 Å². The van der Waals surface area contributed by atoms with E-state index in [4.69, 9.17) is 14.0 Å². The molecule has 1 aliphatic carbocycles. The molecule has 7 nitrogen and oxygen atoms in total. The van der Waals surface area contributed by atoms with Gasteiger partial charge in [0.05, 0.1) is 25.5 Å². The van der Waals surface area contributed by atoms with E-state index in [9.17, 15) is 0 Å². The van der Waals surface area contributed by atoms with Crippen molar-refractivity contribution >= 4 is 0 Å². The zero-order valence-electron chi connectivity index (χ0n) is 14.6. The molecule has 1 fully saturated rings. The summed E-state index contributed by atoms with van der Waals surface area (Å²) >= 11 is 0. The fraction of sp³-hybridized carbons (Fsp3) is 0.421. The number of benzene rings is 1. The second-order valence-corrected chi connectivity index (χ2v) is 6.74. The van der Waals surface area contributed by atoms with E-state index in [-0.39, 0.29) is 6.10 Å². The summed E-state index contributed by atoms with van der Waals surface area (Å²) < 4.78 is 18.9. The molecular weight excluding hydrogens is 332 g/mol. The van der Waals surface area contributed by atoms with Gasteiger partial charge in [0.1, 0.15) is 11.9 Å². The van der Waals surface area contributed by atoms with Gasteiger partial charge in [0, 0.05) is 5.92 Å². The van der Waals surface area contributed by atoms with Crippen LogP contribution in [0.2, 0.25) is 0 Å². The third-order valence-electron chi connectivity index (χ3n) is 4.80. The SMILES string of the molecule is CCOc1ccc([C@@H]2Cn3nc(-c4nc(C5CC5)no4)cc3CO2)cc1. The number of fused-ring (bicyclic) bond motifs is 1. The highest BCUT2D eigenvalue weighted by atomic mass is 16.5. The molecule has 0 amide bonds. The van der Waals surface area contributed by atoms with Gasteiger partial charge in [0.25, 0.3) is 5.89 Å². The van der Waals surface area contributed by atoms with Crippen LogP contribution in [-0.4, -0.2) is 26.5 Å². The minimum Gasteiger partial charge on any atom is -0.494 e. The Kier molecular flexibility index (Phi) is 3.74. The van der Waals surface area contributed by atoms with E-state index in [0.717, 1.165) is 41.4 Å². The quantitative estimate of drug-likeness (QED) is 0.700. The smallest absolute Gasteiger partial charge is 0.278 e. The Hall–Kier alpha value is -2.67. The van der Waals surface area contributed by atoms with Crippen molar-refractivity contribution in [1.82, 2.24) is 19.9 Å². The Balaban J connectivity index is 1.34. The van der Waals surface area contributed by atoms with Crippen LogP contribution in [0.25, 0.3) is 11.6 Å². The largest absolute Gasteiger partial charge is 0.494 e. The van der Waals surface area contributed by atoms with E-state index in [1.165, 1.54) is 0 Å². The van der Waals surface area contributed by atoms with E-state index in [1.807, 2.05) is 41.9 Å². The first-order chi connectivity index (χ1) is 12.8. The van der Waals surface area contributed by atoms with Crippen LogP contribution in [0.5, 0.6) is 5.75 Å². The number of hydrogen-bond donors (Lipinski definition) is 0. The molecule has 0 N–H and O–H groups in total. The maximum absolute atomic E-state index is 6.02. The highest BCUT2D eigenvalue weighted by Crippen LogP contribution is 2.39. The molecule has 0 bridgehead atoms. The van der Waals surface area contributed by atoms with E-state index in [2.05, 4.69) is 15.2 Å². The summed E-state index contributed by atoms with van der Waals surface area (Å²) in [4.78, 5) is 4.48. The van der Waals surface area contributed by atoms with E-state index in [0.29, 0.717) is 31.6 Å². The number of aromatic nitrogens is 4. The Morgan fingerprint density at radius 3 is 2.85 bits per heavy atom. The molecule has 3 heterocycles. The van der Waals surface area contributed by atoms with Crippen molar-refractivity contribution in [2.24, 2.45) is 0 Å². The molecule has 1 aromatic carbocycles. The fourth-order valence-corrected chi connectivity index (χ4v) is 3.22. The minimum absolute atomic E-state index is 0.0318. The summed E-state index contributed by atoms with van der Waals surface area (Å²) in [5, 5.41) is 8.72. The summed E-state index contributed by atoms with van der Waals surface area (Å²) in [6.45, 7) is 3.81. The molecule has 2 aromatic heterocycles. The Labute approximate surface area is 150 Å². The highest BCUT2D eigenvalue weighted by Gasteiger charge is 2.30. The first-order valence-electron chi connectivity index (χ1n) is 9.05. The molecule has 0 saturated heterocycles. The van der Waals surface area contributed by atoms with Crippen molar-refractivity contribution in [2.45, 2.75) is 44.9 Å². The zero-order chi connectivity index (χ0) is 17.5. The molecule has 1 atom stereocenters. The van der Waals surface area contributed by atoms with Gasteiger partial charge in [-0.15, -0.1) is 0 Å². The highest BCUT2D eigenvalue weighted by molar-refractivity contribution is 5.47. The summed E-state index contributed by atoms with van der Waals surface area (Å²) in [6.07, 6.45) is 2.27. The van der Waals surface area contributed by atoms with E-state index in [1.54, 1.807) is 0 Å². The standard InChI is InChI=1S/C19H20N4O3/c1-2-24-15-7-5-12(6-8-15)17-10-23-14(11-25-17)9-16(21-23)19-20-18(22-26-19)13-3-4-13/h5-9,13,17H,2-4,10-11H2,1H3/t17-/m0/s1. The lowest BCUT2D eigenvalue weighted by atomic mass is 10.1. The number of rotatable bonds is 5. The fourth-order valence-electron chi connectivity index (χ4n) is 3.22. The van der Waals surface area contributed by atoms with Crippen LogP contribution in [-0.2, 0) is 17.9 Å². The lowest BCUT2D eigenvalue weighted by Crippen LogP contribution is -2.21. The first-order valence-corrected chi connectivity index (χ1v) is 9.05. The van der Waals surface area contributed by atoms with Crippen molar-refractivity contribution < 1.29 is 14.0 Å². The van der Waals surface area contributed by atoms with Gasteiger partial charge in [0.2, 0.25) is 0 Å². The predicted octanol–water partition coefficient (Wildman–Crippen LogP) is 3.48. The lowest BCUT2D eigenvalue weighted by Gasteiger charge is -2.24. The van der Waals surface area contributed by atoms with Crippen LogP contribution in [0.3, 0.4) is 0 Å². The number of nitrogens with zero attached hydrogens (tertiary/aromatic N) is 4. The van der Waals surface area contributed by atoms with Gasteiger partial charge in [0.15, 0.2) is 11.5 Å². The summed E-state index contributed by atoms with van der Waals surface area (Å²) in [5.74, 6) is 2.63. The maximum atomic E-state index is 6.02. The number of ether oxygens (including phenoxy) is 2. The van der Waals surface area contributed by atoms with Crippen LogP contribution in [0, 0.1) is 0 Å². The van der Waals surface area contributed by atoms with Gasteiger partial charge >= 0.3 is 0 Å². The van der Waals surface area contributed by atoms with Crippen LogP contribution in [0.4, 0.5) is 0 Å². The molecule has 0 radical (unpaired) electrons. The first kappa shape index (κ1) is 15.6. The molecule has 0 spiro atoms. The van der Waals surface area contributed by atoms with Crippen molar-refractivity contribution in [1.29, 1.82) is 0 Å². The van der Waals surface area contributed by atoms with Crippen molar-refractivity contribution in [2.75, 3.05) is 6.61 Å². The maximum Gasteiger partial charge on any atom is 0.278 e. The van der Waals surface area contributed by atoms with Gasteiger partial charge in [-0.1, -0.05) is 17.3 Å². The third kappa shape index (κ3) is 2.88. The van der Waals surface area contributed by atoms with Crippen LogP contribution in [0.15, 0.2) is 34.9 Å². The predicted molar refractivity (Wildman–Crippen MR) is 92.6 cm³/mol. The van der Waals surface area contributed by atoms with Crippen molar-refractivity contribution in [3.05, 3.63) is 47.4 Å². The molecule has 26 heavy (non-hydrogen) atoms. The average molecular weight is 352 g/mol. The second-order valence-electron chi connectivity index (χ2n) is 6.74. The third-order valence-corrected chi connectivity index (χ3v) is 4.80. The summed E-state index contributed by atoms with van der Waals surface area (Å²) in [6, 6.07) is 10.0. The van der Waals surface area contributed by atoms with Gasteiger partial charge in [-0.05, 0) is 43.5 Å². The van der Waals surface area contributed by atoms with Crippen LogP contribution in [0.1, 0.15) is 48.9 Å². The molecule has 134 valence electrons. The Morgan fingerprint density at radius 1 is 1.23 bits per heavy atom. The molecule has 7 heteroatoms. The number of hydrogen-bond acceptors (Lipinski definition) is 6. The molecule has 5 rings (SSSR count). The summed E-state index contributed by atoms with van der Waals surface area (Å²) in [5.41, 5.74) is 2.86. The van der Waals surface area contributed by atoms with Gasteiger partial charge in [-0.3, -0.25) is 4.68 Å². The van der Waals surface area contributed by atoms with E-state index >= 15 is 0 Å². The topological polar surface area (TPSA) is 75.2 Å². The molecule has 1 aliphatic heterocycles. The van der Waals surface area contributed by atoms with E-state index < -0.39 is 0 Å². The van der Waals surface area contributed by atoms with Gasteiger partial charge in [-0.25, -0.2) is 0 Å². The second kappa shape index (κ2) is 6.25. The molecule has 2 aliphatic rings. The summed E-state index contributed by atoms with van der Waals surface area (Å²) in [7, 11) is 0. The molecule has 1 saturated carbocycles. The minimum atomic E-state index is -0.0318. The Morgan fingerprint density at radius 2 is 2.08 bits per heavy atom. The van der Waals surface area contributed by atoms with Crippen LogP contribution < -0.4 is 4.74 Å². The van der Waals surface area contributed by atoms with Gasteiger partial charge < -0.3 is 14.0 Å². The molecular formula is C19H20N4O3. The lowest BCUT2D eigenvalue weighted by molar-refractivity contribution is -0.00115. The van der Waals surface area contributed by atoms with Crippen LogP contribution >= 0.6 is 0 Å². The van der Waals surface area contributed by atoms with Crippen molar-refractivity contribution in [3.8, 4) is 17.3 Å².